The molecule has 5 heteroatoms. The van der Waals surface area contributed by atoms with Crippen LogP contribution in [0.25, 0.3) is 11.5 Å². The monoisotopic (exact) mass is 337 g/mol. The number of esters is 1. The third-order valence-electron chi connectivity index (χ3n) is 3.53. The Morgan fingerprint density at radius 3 is 2.36 bits per heavy atom. The maximum atomic E-state index is 12.1. The van der Waals surface area contributed by atoms with Gasteiger partial charge >= 0.3 is 5.97 Å². The van der Waals surface area contributed by atoms with Crippen LogP contribution in [0.2, 0.25) is 0 Å². The van der Waals surface area contributed by atoms with E-state index in [1.165, 1.54) is 0 Å². The molecule has 0 fully saturated rings. The summed E-state index contributed by atoms with van der Waals surface area (Å²) in [4.78, 5) is 16.4. The van der Waals surface area contributed by atoms with Gasteiger partial charge in [-0.2, -0.15) is 0 Å². The third kappa shape index (κ3) is 4.33. The van der Waals surface area contributed by atoms with Crippen molar-refractivity contribution in [3.05, 3.63) is 77.7 Å². The van der Waals surface area contributed by atoms with E-state index in [2.05, 4.69) is 4.98 Å². The van der Waals surface area contributed by atoms with Gasteiger partial charge in [0.25, 0.3) is 0 Å². The number of nitrogens with zero attached hydrogens (tertiary/aromatic N) is 1. The molecular formula is C20H19NO4. The molecule has 0 atom stereocenters. The van der Waals surface area contributed by atoms with Gasteiger partial charge < -0.3 is 13.9 Å². The fourth-order valence-corrected chi connectivity index (χ4v) is 2.35. The first-order valence-corrected chi connectivity index (χ1v) is 8.12. The van der Waals surface area contributed by atoms with Gasteiger partial charge in [0.05, 0.1) is 13.2 Å². The van der Waals surface area contributed by atoms with E-state index in [9.17, 15) is 4.79 Å². The van der Waals surface area contributed by atoms with E-state index in [1.54, 1.807) is 6.92 Å². The van der Waals surface area contributed by atoms with Crippen LogP contribution < -0.4 is 0 Å². The highest BCUT2D eigenvalue weighted by Gasteiger charge is 2.22. The van der Waals surface area contributed by atoms with Crippen molar-refractivity contribution in [2.45, 2.75) is 20.1 Å². The van der Waals surface area contributed by atoms with Crippen LogP contribution in [0.3, 0.4) is 0 Å². The highest BCUT2D eigenvalue weighted by Crippen LogP contribution is 2.23. The Labute approximate surface area is 146 Å². The summed E-state index contributed by atoms with van der Waals surface area (Å²) in [6.45, 7) is 2.59. The first kappa shape index (κ1) is 16.9. The van der Waals surface area contributed by atoms with Crippen molar-refractivity contribution in [2.24, 2.45) is 0 Å². The highest BCUT2D eigenvalue weighted by molar-refractivity contribution is 5.89. The fourth-order valence-electron chi connectivity index (χ4n) is 2.35. The normalized spacial score (nSPS) is 10.6. The first-order chi connectivity index (χ1) is 12.3. The van der Waals surface area contributed by atoms with E-state index in [1.807, 2.05) is 60.7 Å². The van der Waals surface area contributed by atoms with Crippen molar-refractivity contribution in [3.8, 4) is 11.5 Å². The molecule has 0 aliphatic heterocycles. The van der Waals surface area contributed by atoms with E-state index in [-0.39, 0.29) is 18.9 Å². The molecule has 25 heavy (non-hydrogen) atoms. The second-order valence-electron chi connectivity index (χ2n) is 5.36. The Hall–Kier alpha value is -2.92. The Morgan fingerprint density at radius 1 is 1.00 bits per heavy atom. The summed E-state index contributed by atoms with van der Waals surface area (Å²) in [6, 6.07) is 19.2. The molecule has 5 nitrogen and oxygen atoms in total. The minimum atomic E-state index is -0.508. The van der Waals surface area contributed by atoms with Gasteiger partial charge in [0.1, 0.15) is 6.61 Å². The number of hydrogen-bond donors (Lipinski definition) is 0. The van der Waals surface area contributed by atoms with Crippen LogP contribution in [0.5, 0.6) is 0 Å². The standard InChI is InChI=1S/C20H19NO4/c1-2-24-20(22)18-17(14-23-13-15-9-5-3-6-10-15)25-19(21-18)16-11-7-4-8-12-16/h3-12H,2,13-14H2,1H3. The molecule has 0 amide bonds. The SMILES string of the molecule is CCOC(=O)c1nc(-c2ccccc2)oc1COCc1ccccc1. The quantitative estimate of drug-likeness (QED) is 0.604. The molecule has 1 aromatic heterocycles. The van der Waals surface area contributed by atoms with Crippen LogP contribution in [0, 0.1) is 0 Å². The Balaban J connectivity index is 1.78. The van der Waals surface area contributed by atoms with Crippen LogP contribution in [-0.4, -0.2) is 17.6 Å². The molecule has 0 saturated heterocycles. The van der Waals surface area contributed by atoms with Gasteiger partial charge in [-0.15, -0.1) is 0 Å². The molecule has 0 bridgehead atoms. The van der Waals surface area contributed by atoms with Gasteiger partial charge in [-0.3, -0.25) is 0 Å². The number of benzene rings is 2. The minimum absolute atomic E-state index is 0.142. The van der Waals surface area contributed by atoms with Gasteiger partial charge in [0.15, 0.2) is 11.5 Å². The molecule has 0 aliphatic carbocycles. The summed E-state index contributed by atoms with van der Waals surface area (Å²) in [6.07, 6.45) is 0. The van der Waals surface area contributed by atoms with Crippen molar-refractivity contribution < 1.29 is 18.7 Å². The molecule has 2 aromatic carbocycles. The molecule has 0 radical (unpaired) electrons. The smallest absolute Gasteiger partial charge is 0.360 e. The Kier molecular flexibility index (Phi) is 5.59. The van der Waals surface area contributed by atoms with Gasteiger partial charge in [-0.05, 0) is 24.6 Å². The molecule has 0 spiro atoms. The van der Waals surface area contributed by atoms with Crippen LogP contribution in [0.15, 0.2) is 65.1 Å². The lowest BCUT2D eigenvalue weighted by Gasteiger charge is -2.04. The molecule has 1 heterocycles. The van der Waals surface area contributed by atoms with Crippen LogP contribution in [0.1, 0.15) is 28.7 Å². The number of hydrogen-bond acceptors (Lipinski definition) is 5. The van der Waals surface area contributed by atoms with Crippen molar-refractivity contribution in [1.82, 2.24) is 4.98 Å². The molecule has 3 aromatic rings. The van der Waals surface area contributed by atoms with Gasteiger partial charge in [-0.1, -0.05) is 48.5 Å². The molecule has 128 valence electrons. The molecule has 3 rings (SSSR count). The van der Waals surface area contributed by atoms with E-state index < -0.39 is 5.97 Å². The van der Waals surface area contributed by atoms with Crippen molar-refractivity contribution in [1.29, 1.82) is 0 Å². The predicted octanol–water partition coefficient (Wildman–Crippen LogP) is 4.24. The van der Waals surface area contributed by atoms with E-state index in [0.29, 0.717) is 18.3 Å². The zero-order valence-electron chi connectivity index (χ0n) is 14.0. The number of carbonyl (C=O) groups excluding carboxylic acids is 1. The average molecular weight is 337 g/mol. The van der Waals surface area contributed by atoms with Crippen LogP contribution in [-0.2, 0) is 22.7 Å². The number of oxazole rings is 1. The lowest BCUT2D eigenvalue weighted by atomic mass is 10.2. The Bertz CT molecular complexity index is 812. The molecule has 0 aliphatic rings. The summed E-state index contributed by atoms with van der Waals surface area (Å²) < 4.78 is 16.5. The lowest BCUT2D eigenvalue weighted by Crippen LogP contribution is -2.08. The third-order valence-corrected chi connectivity index (χ3v) is 3.53. The fraction of sp³-hybridized carbons (Fsp3) is 0.200. The Morgan fingerprint density at radius 2 is 1.68 bits per heavy atom. The summed E-state index contributed by atoms with van der Waals surface area (Å²) >= 11 is 0. The maximum Gasteiger partial charge on any atom is 0.360 e. The zero-order valence-corrected chi connectivity index (χ0v) is 14.0. The van der Waals surface area contributed by atoms with Crippen molar-refractivity contribution in [3.63, 3.8) is 0 Å². The number of aromatic nitrogens is 1. The van der Waals surface area contributed by atoms with Crippen molar-refractivity contribution >= 4 is 5.97 Å². The second-order valence-corrected chi connectivity index (χ2v) is 5.36. The average Bonchev–Trinajstić information content (AvgIpc) is 3.08. The van der Waals surface area contributed by atoms with E-state index >= 15 is 0 Å². The summed E-state index contributed by atoms with van der Waals surface area (Å²) in [5, 5.41) is 0. The van der Waals surface area contributed by atoms with Gasteiger partial charge in [0, 0.05) is 5.56 Å². The van der Waals surface area contributed by atoms with E-state index in [0.717, 1.165) is 11.1 Å². The van der Waals surface area contributed by atoms with E-state index in [4.69, 9.17) is 13.9 Å². The number of ether oxygens (including phenoxy) is 2. The zero-order chi connectivity index (χ0) is 17.5. The lowest BCUT2D eigenvalue weighted by molar-refractivity contribution is 0.0503. The topological polar surface area (TPSA) is 61.6 Å². The van der Waals surface area contributed by atoms with Gasteiger partial charge in [0.2, 0.25) is 5.89 Å². The van der Waals surface area contributed by atoms with Crippen LogP contribution in [0.4, 0.5) is 0 Å². The minimum Gasteiger partial charge on any atom is -0.461 e. The number of rotatable bonds is 7. The summed E-state index contributed by atoms with van der Waals surface area (Å²) in [5.74, 6) is 0.238. The second kappa shape index (κ2) is 8.26. The largest absolute Gasteiger partial charge is 0.461 e. The first-order valence-electron chi connectivity index (χ1n) is 8.12. The van der Waals surface area contributed by atoms with Crippen LogP contribution >= 0.6 is 0 Å². The summed E-state index contributed by atoms with van der Waals surface area (Å²) in [7, 11) is 0. The molecule has 0 N–H and O–H groups in total. The highest BCUT2D eigenvalue weighted by atomic mass is 16.5. The van der Waals surface area contributed by atoms with Crippen molar-refractivity contribution in [2.75, 3.05) is 6.61 Å². The molecule has 0 saturated carbocycles. The molecular weight excluding hydrogens is 318 g/mol. The number of carbonyl (C=O) groups is 1. The molecule has 0 unspecified atom stereocenters. The predicted molar refractivity (Wildman–Crippen MR) is 92.8 cm³/mol. The van der Waals surface area contributed by atoms with Gasteiger partial charge in [-0.25, -0.2) is 9.78 Å². The maximum absolute atomic E-state index is 12.1. The summed E-state index contributed by atoms with van der Waals surface area (Å²) in [5.41, 5.74) is 2.00.